The first-order valence-electron chi connectivity index (χ1n) is 7.24. The molecule has 1 aliphatic heterocycles. The molecular weight excluding hydrogens is 290 g/mol. The minimum absolute atomic E-state index is 0.0705. The SMILES string of the molecule is CCNC(=O)c1cc(NC(=O)[C@H]2CCCCN2)ccc1Cl. The van der Waals surface area contributed by atoms with Gasteiger partial charge in [-0.15, -0.1) is 0 Å². The normalized spacial score (nSPS) is 18.1. The lowest BCUT2D eigenvalue weighted by Gasteiger charge is -2.22. The first-order valence-corrected chi connectivity index (χ1v) is 7.61. The Bertz CT molecular complexity index is 528. The molecule has 6 heteroatoms. The third-order valence-electron chi connectivity index (χ3n) is 3.44. The minimum atomic E-state index is -0.241. The van der Waals surface area contributed by atoms with Gasteiger partial charge in [-0.2, -0.15) is 0 Å². The molecule has 21 heavy (non-hydrogen) atoms. The highest BCUT2D eigenvalue weighted by Gasteiger charge is 2.21. The molecule has 0 bridgehead atoms. The average Bonchev–Trinajstić information content (AvgIpc) is 2.50. The van der Waals surface area contributed by atoms with Gasteiger partial charge in [0.1, 0.15) is 0 Å². The van der Waals surface area contributed by atoms with E-state index in [1.807, 2.05) is 6.92 Å². The maximum absolute atomic E-state index is 12.2. The molecule has 114 valence electrons. The summed E-state index contributed by atoms with van der Waals surface area (Å²) < 4.78 is 0. The summed E-state index contributed by atoms with van der Waals surface area (Å²) in [6.07, 6.45) is 2.99. The van der Waals surface area contributed by atoms with Crippen LogP contribution in [0.1, 0.15) is 36.5 Å². The van der Waals surface area contributed by atoms with Crippen LogP contribution in [0.4, 0.5) is 5.69 Å². The fraction of sp³-hybridized carbons (Fsp3) is 0.467. The van der Waals surface area contributed by atoms with E-state index in [2.05, 4.69) is 16.0 Å². The van der Waals surface area contributed by atoms with Gasteiger partial charge >= 0.3 is 0 Å². The third kappa shape index (κ3) is 4.19. The summed E-state index contributed by atoms with van der Waals surface area (Å²) >= 11 is 6.03. The minimum Gasteiger partial charge on any atom is -0.352 e. The number of nitrogens with one attached hydrogen (secondary N) is 3. The summed E-state index contributed by atoms with van der Waals surface area (Å²) in [6, 6.07) is 4.76. The maximum atomic E-state index is 12.2. The Labute approximate surface area is 129 Å². The highest BCUT2D eigenvalue weighted by molar-refractivity contribution is 6.34. The van der Waals surface area contributed by atoms with Crippen LogP contribution in [0.15, 0.2) is 18.2 Å². The first kappa shape index (κ1) is 15.8. The number of anilines is 1. The molecule has 0 aliphatic carbocycles. The molecule has 1 fully saturated rings. The number of rotatable bonds is 4. The molecule has 2 amide bonds. The summed E-state index contributed by atoms with van der Waals surface area (Å²) in [4.78, 5) is 24.0. The van der Waals surface area contributed by atoms with Gasteiger partial charge in [-0.1, -0.05) is 18.0 Å². The van der Waals surface area contributed by atoms with E-state index in [9.17, 15) is 9.59 Å². The van der Waals surface area contributed by atoms with Crippen LogP contribution in [0.25, 0.3) is 0 Å². The quantitative estimate of drug-likeness (QED) is 0.798. The Balaban J connectivity index is 2.07. The van der Waals surface area contributed by atoms with E-state index in [-0.39, 0.29) is 17.9 Å². The molecule has 1 heterocycles. The Morgan fingerprint density at radius 2 is 2.19 bits per heavy atom. The van der Waals surface area contributed by atoms with Gasteiger partial charge < -0.3 is 16.0 Å². The van der Waals surface area contributed by atoms with Crippen molar-refractivity contribution in [3.8, 4) is 0 Å². The second kappa shape index (κ2) is 7.43. The number of halogens is 1. The molecule has 0 radical (unpaired) electrons. The Kier molecular flexibility index (Phi) is 5.59. The standard InChI is InChI=1S/C15H20ClN3O2/c1-2-17-14(20)11-9-10(6-7-12(11)16)19-15(21)13-5-3-4-8-18-13/h6-7,9,13,18H,2-5,8H2,1H3,(H,17,20)(H,19,21)/t13-/m1/s1. The highest BCUT2D eigenvalue weighted by atomic mass is 35.5. The smallest absolute Gasteiger partial charge is 0.252 e. The van der Waals surface area contributed by atoms with E-state index >= 15 is 0 Å². The molecular formula is C15H20ClN3O2. The largest absolute Gasteiger partial charge is 0.352 e. The van der Waals surface area contributed by atoms with Crippen LogP contribution in [0.3, 0.4) is 0 Å². The summed E-state index contributed by atoms with van der Waals surface area (Å²) in [7, 11) is 0. The molecule has 1 atom stereocenters. The van der Waals surface area contributed by atoms with Gasteiger partial charge in [0.15, 0.2) is 0 Å². The van der Waals surface area contributed by atoms with Gasteiger partial charge in [-0.05, 0) is 44.5 Å². The zero-order valence-electron chi connectivity index (χ0n) is 12.0. The fourth-order valence-corrected chi connectivity index (χ4v) is 2.54. The highest BCUT2D eigenvalue weighted by Crippen LogP contribution is 2.21. The molecule has 0 saturated carbocycles. The van der Waals surface area contributed by atoms with Crippen LogP contribution in [0.5, 0.6) is 0 Å². The van der Waals surface area contributed by atoms with E-state index in [1.54, 1.807) is 18.2 Å². The van der Waals surface area contributed by atoms with E-state index in [0.717, 1.165) is 25.8 Å². The van der Waals surface area contributed by atoms with E-state index < -0.39 is 0 Å². The lowest BCUT2D eigenvalue weighted by molar-refractivity contribution is -0.118. The van der Waals surface area contributed by atoms with Crippen molar-refractivity contribution in [3.05, 3.63) is 28.8 Å². The summed E-state index contributed by atoms with van der Waals surface area (Å²) in [5.41, 5.74) is 0.950. The predicted octanol–water partition coefficient (Wildman–Crippen LogP) is 2.17. The zero-order chi connectivity index (χ0) is 15.2. The first-order chi connectivity index (χ1) is 10.1. The van der Waals surface area contributed by atoms with Gasteiger partial charge in [-0.3, -0.25) is 9.59 Å². The van der Waals surface area contributed by atoms with Crippen LogP contribution in [0.2, 0.25) is 5.02 Å². The second-order valence-corrected chi connectivity index (χ2v) is 5.45. The van der Waals surface area contributed by atoms with Gasteiger partial charge in [0.2, 0.25) is 5.91 Å². The molecule has 1 saturated heterocycles. The van der Waals surface area contributed by atoms with Crippen molar-refractivity contribution in [2.24, 2.45) is 0 Å². The fourth-order valence-electron chi connectivity index (χ4n) is 2.34. The number of amides is 2. The van der Waals surface area contributed by atoms with E-state index in [0.29, 0.717) is 22.8 Å². The average molecular weight is 310 g/mol. The van der Waals surface area contributed by atoms with Crippen molar-refractivity contribution >= 4 is 29.1 Å². The number of hydrogen-bond donors (Lipinski definition) is 3. The van der Waals surface area contributed by atoms with Crippen molar-refractivity contribution in [2.75, 3.05) is 18.4 Å². The molecule has 1 aromatic rings. The number of benzene rings is 1. The summed E-state index contributed by atoms with van der Waals surface area (Å²) in [5.74, 6) is -0.312. The van der Waals surface area contributed by atoms with Crippen molar-refractivity contribution in [1.82, 2.24) is 10.6 Å². The monoisotopic (exact) mass is 309 g/mol. The molecule has 5 nitrogen and oxygen atoms in total. The second-order valence-electron chi connectivity index (χ2n) is 5.05. The van der Waals surface area contributed by atoms with Crippen LogP contribution in [-0.2, 0) is 4.79 Å². The lowest BCUT2D eigenvalue weighted by Crippen LogP contribution is -2.43. The molecule has 1 aromatic carbocycles. The molecule has 3 N–H and O–H groups in total. The predicted molar refractivity (Wildman–Crippen MR) is 83.7 cm³/mol. The zero-order valence-corrected chi connectivity index (χ0v) is 12.8. The van der Waals surface area contributed by atoms with Crippen LogP contribution < -0.4 is 16.0 Å². The lowest BCUT2D eigenvalue weighted by atomic mass is 10.0. The van der Waals surface area contributed by atoms with E-state index in [4.69, 9.17) is 11.6 Å². The molecule has 0 spiro atoms. The van der Waals surface area contributed by atoms with Crippen LogP contribution in [0, 0.1) is 0 Å². The van der Waals surface area contributed by atoms with Crippen molar-refractivity contribution in [1.29, 1.82) is 0 Å². The van der Waals surface area contributed by atoms with Gasteiger partial charge in [0.05, 0.1) is 16.6 Å². The number of piperidine rings is 1. The number of carbonyl (C=O) groups excluding carboxylic acids is 2. The molecule has 0 unspecified atom stereocenters. The number of hydrogen-bond acceptors (Lipinski definition) is 3. The Morgan fingerprint density at radius 1 is 1.38 bits per heavy atom. The van der Waals surface area contributed by atoms with Crippen molar-refractivity contribution in [3.63, 3.8) is 0 Å². The van der Waals surface area contributed by atoms with Gasteiger partial charge in [-0.25, -0.2) is 0 Å². The molecule has 2 rings (SSSR count). The number of carbonyl (C=O) groups is 2. The third-order valence-corrected chi connectivity index (χ3v) is 3.77. The molecule has 0 aromatic heterocycles. The Hall–Kier alpha value is -1.59. The molecule has 1 aliphatic rings. The summed E-state index contributed by atoms with van der Waals surface area (Å²) in [6.45, 7) is 3.23. The van der Waals surface area contributed by atoms with Crippen molar-refractivity contribution in [2.45, 2.75) is 32.2 Å². The topological polar surface area (TPSA) is 70.2 Å². The maximum Gasteiger partial charge on any atom is 0.252 e. The van der Waals surface area contributed by atoms with Crippen molar-refractivity contribution < 1.29 is 9.59 Å². The Morgan fingerprint density at radius 3 is 2.86 bits per heavy atom. The van der Waals surface area contributed by atoms with Gasteiger partial charge in [0, 0.05) is 12.2 Å². The van der Waals surface area contributed by atoms with Crippen LogP contribution in [-0.4, -0.2) is 30.9 Å². The van der Waals surface area contributed by atoms with E-state index in [1.165, 1.54) is 0 Å². The van der Waals surface area contributed by atoms with Crippen LogP contribution >= 0.6 is 11.6 Å². The van der Waals surface area contributed by atoms with Gasteiger partial charge in [0.25, 0.3) is 5.91 Å². The summed E-state index contributed by atoms with van der Waals surface area (Å²) in [5, 5.41) is 9.10.